The summed E-state index contributed by atoms with van der Waals surface area (Å²) in [5.41, 5.74) is 11.2. The predicted octanol–water partition coefficient (Wildman–Crippen LogP) is 3.64. The van der Waals surface area contributed by atoms with Gasteiger partial charge in [0.2, 0.25) is 5.95 Å². The standard InChI is InChI=1S/C16H21N3/c1-10-7-6-8-12(9-10)13-11(2)18-15(17)19-14(13)16(3,4)5/h6-9H,1-5H3,(H2,17,18,19). The summed E-state index contributed by atoms with van der Waals surface area (Å²) in [6.07, 6.45) is 0. The van der Waals surface area contributed by atoms with Crippen molar-refractivity contribution in [2.24, 2.45) is 0 Å². The first-order valence-corrected chi connectivity index (χ1v) is 6.50. The number of aromatic nitrogens is 2. The molecule has 0 atom stereocenters. The largest absolute Gasteiger partial charge is 0.368 e. The number of benzene rings is 1. The summed E-state index contributed by atoms with van der Waals surface area (Å²) in [6, 6.07) is 8.42. The fourth-order valence-corrected chi connectivity index (χ4v) is 2.28. The number of nitrogen functional groups attached to an aromatic ring is 1. The van der Waals surface area contributed by atoms with E-state index in [2.05, 4.69) is 61.9 Å². The van der Waals surface area contributed by atoms with E-state index in [1.807, 2.05) is 6.92 Å². The maximum atomic E-state index is 5.81. The molecule has 0 aliphatic rings. The van der Waals surface area contributed by atoms with Gasteiger partial charge < -0.3 is 5.73 Å². The van der Waals surface area contributed by atoms with Gasteiger partial charge in [0, 0.05) is 11.0 Å². The minimum atomic E-state index is -0.0686. The third kappa shape index (κ3) is 2.75. The first-order chi connectivity index (χ1) is 8.79. The zero-order valence-corrected chi connectivity index (χ0v) is 12.3. The average Bonchev–Trinajstić information content (AvgIpc) is 2.26. The Balaban J connectivity index is 2.75. The van der Waals surface area contributed by atoms with Gasteiger partial charge >= 0.3 is 0 Å². The van der Waals surface area contributed by atoms with E-state index in [1.165, 1.54) is 5.56 Å². The lowest BCUT2D eigenvalue weighted by Crippen LogP contribution is -2.18. The van der Waals surface area contributed by atoms with Gasteiger partial charge in [0.05, 0.1) is 11.4 Å². The van der Waals surface area contributed by atoms with Gasteiger partial charge in [-0.15, -0.1) is 0 Å². The summed E-state index contributed by atoms with van der Waals surface area (Å²) in [7, 11) is 0. The molecular formula is C16H21N3. The van der Waals surface area contributed by atoms with Crippen molar-refractivity contribution in [1.29, 1.82) is 0 Å². The van der Waals surface area contributed by atoms with Crippen LogP contribution in [0.1, 0.15) is 37.7 Å². The second-order valence-electron chi connectivity index (χ2n) is 6.01. The lowest BCUT2D eigenvalue weighted by molar-refractivity contribution is 0.569. The summed E-state index contributed by atoms with van der Waals surface area (Å²) in [4.78, 5) is 8.80. The number of nitrogens with two attached hydrogens (primary N) is 1. The molecule has 1 aromatic carbocycles. The molecule has 0 unspecified atom stereocenters. The van der Waals surface area contributed by atoms with Gasteiger partial charge in [0.25, 0.3) is 0 Å². The van der Waals surface area contributed by atoms with Crippen molar-refractivity contribution in [2.75, 3.05) is 5.73 Å². The maximum Gasteiger partial charge on any atom is 0.220 e. The summed E-state index contributed by atoms with van der Waals surface area (Å²) < 4.78 is 0. The summed E-state index contributed by atoms with van der Waals surface area (Å²) in [5.74, 6) is 0.346. The fraction of sp³-hybridized carbons (Fsp3) is 0.375. The Labute approximate surface area is 114 Å². The Bertz CT molecular complexity index is 610. The van der Waals surface area contributed by atoms with Gasteiger partial charge in [-0.2, -0.15) is 0 Å². The molecule has 100 valence electrons. The van der Waals surface area contributed by atoms with Gasteiger partial charge in [-0.1, -0.05) is 50.6 Å². The van der Waals surface area contributed by atoms with Crippen LogP contribution in [0.4, 0.5) is 5.95 Å². The lowest BCUT2D eigenvalue weighted by Gasteiger charge is -2.23. The first kappa shape index (κ1) is 13.5. The number of hydrogen-bond donors (Lipinski definition) is 1. The normalized spacial score (nSPS) is 11.6. The molecule has 2 aromatic rings. The molecule has 19 heavy (non-hydrogen) atoms. The topological polar surface area (TPSA) is 51.8 Å². The predicted molar refractivity (Wildman–Crippen MR) is 80.1 cm³/mol. The average molecular weight is 255 g/mol. The third-order valence-corrected chi connectivity index (χ3v) is 3.12. The van der Waals surface area contributed by atoms with Crippen LogP contribution in [-0.2, 0) is 5.41 Å². The molecule has 0 aliphatic heterocycles. The molecule has 1 aromatic heterocycles. The van der Waals surface area contributed by atoms with Crippen LogP contribution in [0.5, 0.6) is 0 Å². The number of rotatable bonds is 1. The highest BCUT2D eigenvalue weighted by atomic mass is 15.0. The molecule has 0 saturated carbocycles. The zero-order chi connectivity index (χ0) is 14.2. The molecule has 2 N–H and O–H groups in total. The Morgan fingerprint density at radius 1 is 1.05 bits per heavy atom. The zero-order valence-electron chi connectivity index (χ0n) is 12.3. The van der Waals surface area contributed by atoms with E-state index < -0.39 is 0 Å². The molecule has 0 bridgehead atoms. The number of anilines is 1. The Morgan fingerprint density at radius 2 is 1.74 bits per heavy atom. The smallest absolute Gasteiger partial charge is 0.220 e. The molecule has 0 fully saturated rings. The van der Waals surface area contributed by atoms with Crippen molar-refractivity contribution in [3.05, 3.63) is 41.2 Å². The number of hydrogen-bond acceptors (Lipinski definition) is 3. The van der Waals surface area contributed by atoms with Gasteiger partial charge in [0.15, 0.2) is 0 Å². The summed E-state index contributed by atoms with van der Waals surface area (Å²) in [5, 5.41) is 0. The van der Waals surface area contributed by atoms with E-state index in [4.69, 9.17) is 5.73 Å². The first-order valence-electron chi connectivity index (χ1n) is 6.50. The van der Waals surface area contributed by atoms with Crippen molar-refractivity contribution >= 4 is 5.95 Å². The van der Waals surface area contributed by atoms with E-state index in [1.54, 1.807) is 0 Å². The molecule has 0 aliphatic carbocycles. The highest BCUT2D eigenvalue weighted by Crippen LogP contribution is 2.34. The Morgan fingerprint density at radius 3 is 2.32 bits per heavy atom. The minimum Gasteiger partial charge on any atom is -0.368 e. The second-order valence-corrected chi connectivity index (χ2v) is 6.01. The summed E-state index contributed by atoms with van der Waals surface area (Å²) in [6.45, 7) is 10.5. The molecule has 0 saturated heterocycles. The summed E-state index contributed by atoms with van der Waals surface area (Å²) >= 11 is 0. The number of nitrogens with zero attached hydrogens (tertiary/aromatic N) is 2. The van der Waals surface area contributed by atoms with E-state index in [9.17, 15) is 0 Å². The molecule has 3 nitrogen and oxygen atoms in total. The van der Waals surface area contributed by atoms with Gasteiger partial charge in [0.1, 0.15) is 0 Å². The van der Waals surface area contributed by atoms with Crippen molar-refractivity contribution in [3.8, 4) is 11.1 Å². The van der Waals surface area contributed by atoms with Gasteiger partial charge in [-0.25, -0.2) is 9.97 Å². The van der Waals surface area contributed by atoms with E-state index >= 15 is 0 Å². The number of aryl methyl sites for hydroxylation is 2. The Kier molecular flexibility index (Phi) is 3.31. The monoisotopic (exact) mass is 255 g/mol. The molecular weight excluding hydrogens is 234 g/mol. The van der Waals surface area contributed by atoms with Crippen molar-refractivity contribution < 1.29 is 0 Å². The quantitative estimate of drug-likeness (QED) is 0.846. The third-order valence-electron chi connectivity index (χ3n) is 3.12. The van der Waals surface area contributed by atoms with Crippen LogP contribution in [-0.4, -0.2) is 9.97 Å². The molecule has 3 heteroatoms. The minimum absolute atomic E-state index is 0.0686. The Hall–Kier alpha value is -1.90. The molecule has 0 amide bonds. The second kappa shape index (κ2) is 4.65. The molecule has 0 radical (unpaired) electrons. The maximum absolute atomic E-state index is 5.81. The van der Waals surface area contributed by atoms with E-state index in [0.717, 1.165) is 22.5 Å². The van der Waals surface area contributed by atoms with Crippen molar-refractivity contribution in [3.63, 3.8) is 0 Å². The van der Waals surface area contributed by atoms with Crippen LogP contribution in [0, 0.1) is 13.8 Å². The van der Waals surface area contributed by atoms with Gasteiger partial charge in [-0.3, -0.25) is 0 Å². The van der Waals surface area contributed by atoms with Crippen LogP contribution in [0.25, 0.3) is 11.1 Å². The highest BCUT2D eigenvalue weighted by Gasteiger charge is 2.23. The van der Waals surface area contributed by atoms with Crippen LogP contribution in [0.15, 0.2) is 24.3 Å². The SMILES string of the molecule is Cc1cccc(-c2c(C)nc(N)nc2C(C)(C)C)c1. The van der Waals surface area contributed by atoms with Crippen LogP contribution < -0.4 is 5.73 Å². The van der Waals surface area contributed by atoms with Crippen molar-refractivity contribution in [2.45, 2.75) is 40.0 Å². The van der Waals surface area contributed by atoms with Gasteiger partial charge in [-0.05, 0) is 19.4 Å². The molecule has 2 rings (SSSR count). The van der Waals surface area contributed by atoms with Crippen molar-refractivity contribution in [1.82, 2.24) is 9.97 Å². The fourth-order valence-electron chi connectivity index (χ4n) is 2.28. The van der Waals surface area contributed by atoms with Crippen LogP contribution in [0.2, 0.25) is 0 Å². The van der Waals surface area contributed by atoms with E-state index in [-0.39, 0.29) is 5.41 Å². The highest BCUT2D eigenvalue weighted by molar-refractivity contribution is 5.70. The molecule has 0 spiro atoms. The van der Waals surface area contributed by atoms with Crippen LogP contribution >= 0.6 is 0 Å². The van der Waals surface area contributed by atoms with E-state index in [0.29, 0.717) is 5.95 Å². The lowest BCUT2D eigenvalue weighted by atomic mass is 9.85. The van der Waals surface area contributed by atoms with Crippen LogP contribution in [0.3, 0.4) is 0 Å². The molecule has 1 heterocycles.